The van der Waals surface area contributed by atoms with E-state index in [0.29, 0.717) is 6.04 Å². The van der Waals surface area contributed by atoms with Crippen molar-refractivity contribution in [3.63, 3.8) is 0 Å². The summed E-state index contributed by atoms with van der Waals surface area (Å²) in [5.74, 6) is 0. The van der Waals surface area contributed by atoms with Crippen LogP contribution in [0.2, 0.25) is 0 Å². The fourth-order valence-electron chi connectivity index (χ4n) is 4.19. The molecule has 2 aliphatic heterocycles. The molecule has 0 aromatic heterocycles. The lowest BCUT2D eigenvalue weighted by atomic mass is 10.0. The summed E-state index contributed by atoms with van der Waals surface area (Å²) in [4.78, 5) is 5.02. The third kappa shape index (κ3) is 2.04. The molecule has 120 valence electrons. The molecule has 1 aliphatic carbocycles. The summed E-state index contributed by atoms with van der Waals surface area (Å²) in [5, 5.41) is 3.52. The van der Waals surface area contributed by atoms with Gasteiger partial charge in [-0.15, -0.1) is 0 Å². The number of anilines is 3. The molecule has 1 N–H and O–H groups in total. The van der Waals surface area contributed by atoms with Gasteiger partial charge in [-0.1, -0.05) is 42.5 Å². The minimum Gasteiger partial charge on any atom is -0.366 e. The predicted octanol–water partition coefficient (Wildman–Crippen LogP) is 4.15. The minimum absolute atomic E-state index is 0.409. The molecule has 2 heterocycles. The number of allylic oxidation sites excluding steroid dienone is 2. The average Bonchev–Trinajstić information content (AvgIpc) is 3.26. The van der Waals surface area contributed by atoms with E-state index in [1.807, 2.05) is 0 Å². The van der Waals surface area contributed by atoms with Crippen LogP contribution in [0.15, 0.2) is 72.5 Å². The first-order valence-corrected chi connectivity index (χ1v) is 8.73. The number of fused-ring (bicyclic) bond motifs is 2. The number of rotatable bonds is 2. The van der Waals surface area contributed by atoms with E-state index in [1.54, 1.807) is 0 Å². The zero-order chi connectivity index (χ0) is 15.9. The molecule has 0 saturated heterocycles. The molecule has 3 heteroatoms. The lowest BCUT2D eigenvalue weighted by molar-refractivity contribution is 0.657. The summed E-state index contributed by atoms with van der Waals surface area (Å²) in [5.41, 5.74) is 6.80. The molecule has 24 heavy (non-hydrogen) atoms. The molecule has 0 amide bonds. The molecule has 0 fully saturated rings. The van der Waals surface area contributed by atoms with Crippen molar-refractivity contribution in [1.29, 1.82) is 0 Å². The number of hydrogen-bond donors (Lipinski definition) is 1. The fourth-order valence-corrected chi connectivity index (χ4v) is 4.19. The Bertz CT molecular complexity index is 836. The highest BCUT2D eigenvalue weighted by molar-refractivity contribution is 5.78. The summed E-state index contributed by atoms with van der Waals surface area (Å²) < 4.78 is 0. The van der Waals surface area contributed by atoms with Gasteiger partial charge in [-0.05, 0) is 42.7 Å². The van der Waals surface area contributed by atoms with E-state index < -0.39 is 0 Å². The number of hydrogen-bond acceptors (Lipinski definition) is 3. The fraction of sp³-hybridized carbons (Fsp3) is 0.238. The highest BCUT2D eigenvalue weighted by atomic mass is 15.3. The number of nitrogens with one attached hydrogen (secondary N) is 1. The van der Waals surface area contributed by atoms with Gasteiger partial charge >= 0.3 is 0 Å². The van der Waals surface area contributed by atoms with Gasteiger partial charge in [-0.25, -0.2) is 0 Å². The Hall–Kier alpha value is -2.68. The van der Waals surface area contributed by atoms with Crippen LogP contribution in [0.4, 0.5) is 17.1 Å². The van der Waals surface area contributed by atoms with Crippen LogP contribution in [0.5, 0.6) is 0 Å². The largest absolute Gasteiger partial charge is 0.366 e. The zero-order valence-electron chi connectivity index (χ0n) is 13.7. The van der Waals surface area contributed by atoms with Crippen LogP contribution in [-0.4, -0.2) is 19.3 Å². The molecule has 0 saturated carbocycles. The van der Waals surface area contributed by atoms with Gasteiger partial charge in [-0.3, -0.25) is 0 Å². The van der Waals surface area contributed by atoms with Crippen molar-refractivity contribution < 1.29 is 0 Å². The molecule has 5 rings (SSSR count). The Morgan fingerprint density at radius 3 is 2.75 bits per heavy atom. The molecule has 0 spiro atoms. The topological polar surface area (TPSA) is 18.5 Å². The summed E-state index contributed by atoms with van der Waals surface area (Å²) in [6.07, 6.45) is 9.01. The van der Waals surface area contributed by atoms with Gasteiger partial charge in [0, 0.05) is 17.9 Å². The van der Waals surface area contributed by atoms with Crippen LogP contribution in [0.1, 0.15) is 12.0 Å². The summed E-state index contributed by atoms with van der Waals surface area (Å²) in [7, 11) is 0. The first-order chi connectivity index (χ1) is 11.9. The zero-order valence-corrected chi connectivity index (χ0v) is 13.7. The second-order valence-corrected chi connectivity index (χ2v) is 6.62. The Morgan fingerprint density at radius 1 is 0.958 bits per heavy atom. The maximum atomic E-state index is 3.52. The summed E-state index contributed by atoms with van der Waals surface area (Å²) in [6, 6.07) is 17.9. The molecule has 2 aromatic rings. The van der Waals surface area contributed by atoms with E-state index in [0.717, 1.165) is 26.1 Å². The third-order valence-electron chi connectivity index (χ3n) is 5.34. The monoisotopic (exact) mass is 315 g/mol. The van der Waals surface area contributed by atoms with E-state index in [2.05, 4.69) is 81.9 Å². The van der Waals surface area contributed by atoms with E-state index in [1.165, 1.54) is 28.3 Å². The van der Waals surface area contributed by atoms with Crippen LogP contribution in [0.25, 0.3) is 0 Å². The van der Waals surface area contributed by atoms with E-state index in [9.17, 15) is 0 Å². The molecule has 2 aromatic carbocycles. The normalized spacial score (nSPS) is 21.3. The van der Waals surface area contributed by atoms with E-state index >= 15 is 0 Å². The van der Waals surface area contributed by atoms with Crippen molar-refractivity contribution in [3.05, 3.63) is 78.0 Å². The molecular formula is C21H21N3. The Morgan fingerprint density at radius 2 is 1.79 bits per heavy atom. The molecule has 3 nitrogen and oxygen atoms in total. The van der Waals surface area contributed by atoms with Crippen LogP contribution in [0, 0.1) is 0 Å². The summed E-state index contributed by atoms with van der Waals surface area (Å²) in [6.45, 7) is 1.96. The van der Waals surface area contributed by atoms with Crippen LogP contribution >= 0.6 is 0 Å². The quantitative estimate of drug-likeness (QED) is 0.898. The van der Waals surface area contributed by atoms with Gasteiger partial charge in [0.1, 0.15) is 0 Å². The minimum atomic E-state index is 0.409. The second-order valence-electron chi connectivity index (χ2n) is 6.62. The smallest absolute Gasteiger partial charge is 0.0924 e. The highest BCUT2D eigenvalue weighted by Crippen LogP contribution is 2.39. The highest BCUT2D eigenvalue weighted by Gasteiger charge is 2.33. The lowest BCUT2D eigenvalue weighted by Gasteiger charge is -2.37. The van der Waals surface area contributed by atoms with Crippen molar-refractivity contribution in [3.8, 4) is 0 Å². The van der Waals surface area contributed by atoms with Gasteiger partial charge in [0.05, 0.1) is 24.1 Å². The first-order valence-electron chi connectivity index (χ1n) is 8.73. The van der Waals surface area contributed by atoms with Gasteiger partial charge in [0.15, 0.2) is 0 Å². The maximum Gasteiger partial charge on any atom is 0.0924 e. The molecule has 0 radical (unpaired) electrons. The lowest BCUT2D eigenvalue weighted by Crippen LogP contribution is -2.42. The molecular weight excluding hydrogens is 294 g/mol. The van der Waals surface area contributed by atoms with Crippen molar-refractivity contribution in [1.82, 2.24) is 0 Å². The van der Waals surface area contributed by atoms with Crippen molar-refractivity contribution in [2.45, 2.75) is 18.9 Å². The first kappa shape index (κ1) is 13.7. The van der Waals surface area contributed by atoms with E-state index in [-0.39, 0.29) is 0 Å². The number of para-hydroxylation sites is 3. The second kappa shape index (κ2) is 5.45. The molecule has 3 aliphatic rings. The van der Waals surface area contributed by atoms with Crippen molar-refractivity contribution in [2.75, 3.05) is 28.3 Å². The summed E-state index contributed by atoms with van der Waals surface area (Å²) >= 11 is 0. The maximum absolute atomic E-state index is 3.52. The van der Waals surface area contributed by atoms with E-state index in [4.69, 9.17) is 0 Å². The van der Waals surface area contributed by atoms with Gasteiger partial charge < -0.3 is 15.1 Å². The van der Waals surface area contributed by atoms with Crippen LogP contribution in [-0.2, 0) is 6.42 Å². The van der Waals surface area contributed by atoms with Crippen LogP contribution in [0.3, 0.4) is 0 Å². The molecule has 0 bridgehead atoms. The molecule has 1 unspecified atom stereocenters. The van der Waals surface area contributed by atoms with Gasteiger partial charge in [0.25, 0.3) is 0 Å². The SMILES string of the molecule is C1=CCC(N2CCc3ccccc32)C(N2CNc3ccccc32)=C1. The van der Waals surface area contributed by atoms with Crippen molar-refractivity contribution in [2.24, 2.45) is 0 Å². The Labute approximate surface area is 142 Å². The van der Waals surface area contributed by atoms with Gasteiger partial charge in [0.2, 0.25) is 0 Å². The predicted molar refractivity (Wildman–Crippen MR) is 101 cm³/mol. The van der Waals surface area contributed by atoms with Crippen LogP contribution < -0.4 is 15.1 Å². The Balaban J connectivity index is 1.52. The number of nitrogens with zero attached hydrogens (tertiary/aromatic N) is 2. The van der Waals surface area contributed by atoms with Gasteiger partial charge in [-0.2, -0.15) is 0 Å². The van der Waals surface area contributed by atoms with Crippen molar-refractivity contribution >= 4 is 17.1 Å². The Kier molecular flexibility index (Phi) is 3.12. The number of benzene rings is 2. The third-order valence-corrected chi connectivity index (χ3v) is 5.34. The average molecular weight is 315 g/mol. The standard InChI is InChI=1S/C21H21N3/c1-3-9-18-16(7-1)13-14-23(18)20-11-5-6-12-21(20)24-15-22-17-8-2-4-10-19(17)24/h1-10,12,20,22H,11,13-15H2. The molecule has 1 atom stereocenters.